The van der Waals surface area contributed by atoms with Gasteiger partial charge in [0.05, 0.1) is 41.7 Å². The van der Waals surface area contributed by atoms with Crippen LogP contribution in [-0.4, -0.2) is 48.2 Å². The van der Waals surface area contributed by atoms with Crippen molar-refractivity contribution in [2.75, 3.05) is 0 Å². The third-order valence-corrected chi connectivity index (χ3v) is 15.0. The highest BCUT2D eigenvalue weighted by molar-refractivity contribution is 7.22. The minimum atomic E-state index is -0.606. The van der Waals surface area contributed by atoms with Crippen LogP contribution >= 0.6 is 45.9 Å². The van der Waals surface area contributed by atoms with Crippen molar-refractivity contribution in [3.05, 3.63) is 216 Å². The molecule has 4 aromatic carbocycles. The van der Waals surface area contributed by atoms with Crippen LogP contribution in [0.1, 0.15) is 11.5 Å². The molecule has 0 aliphatic carbocycles. The molecule has 0 saturated carbocycles. The Kier molecular flexibility index (Phi) is 10.5. The molecule has 0 aliphatic rings. The number of hydrogen-bond donors (Lipinski definition) is 0. The van der Waals surface area contributed by atoms with Gasteiger partial charge in [0.1, 0.15) is 27.6 Å². The molecule has 0 unspecified atom stereocenters. The number of nitrogens with zero attached hydrogens (tertiary/aromatic N) is 11. The van der Waals surface area contributed by atoms with E-state index >= 15 is 0 Å². The first kappa shape index (κ1) is 43.1. The Morgan fingerprint density at radius 2 is 1.19 bits per heavy atom. The van der Waals surface area contributed by atoms with Gasteiger partial charge in [0, 0.05) is 71.8 Å². The predicted molar refractivity (Wildman–Crippen MR) is 273 cm³/mol. The van der Waals surface area contributed by atoms with Crippen molar-refractivity contribution < 1.29 is 4.57 Å². The molecule has 8 aromatic heterocycles. The monoisotopic (exact) mass is 996 g/mol. The molecule has 0 spiro atoms. The summed E-state index contributed by atoms with van der Waals surface area (Å²) in [7, 11) is 1.74. The summed E-state index contributed by atoms with van der Waals surface area (Å²) in [6.07, 6.45) is 9.88. The second kappa shape index (κ2) is 17.1. The zero-order valence-corrected chi connectivity index (χ0v) is 39.6. The van der Waals surface area contributed by atoms with Gasteiger partial charge in [0.2, 0.25) is 5.69 Å². The van der Waals surface area contributed by atoms with Crippen molar-refractivity contribution in [2.45, 2.75) is 13.1 Å². The van der Waals surface area contributed by atoms with Gasteiger partial charge >= 0.3 is 11.4 Å². The molecule has 0 atom stereocenters. The number of rotatable bonds is 9. The molecule has 0 bridgehead atoms. The Bertz CT molecular complexity index is 4370. The van der Waals surface area contributed by atoms with Gasteiger partial charge in [-0.15, -0.1) is 22.7 Å². The molecular formula is C51H32Cl2N11O4S2+. The van der Waals surface area contributed by atoms with Crippen molar-refractivity contribution in [1.29, 1.82) is 0 Å². The highest BCUT2D eigenvalue weighted by Gasteiger charge is 2.26. The number of aryl methyl sites for hydroxylation is 1. The summed E-state index contributed by atoms with van der Waals surface area (Å²) in [5.74, 6) is 0.382. The molecule has 70 heavy (non-hydrogen) atoms. The SMILES string of the molecule is Cn1cnc(Cn2c(=O)n(-c3c[n+](-c4cnnc(Cn5c(=O)n(-c6cncc7ccccc67)c(=O)c6sc(-c7ccccc7Cl)cc65)c4)cc4ccccc34)c(=O)c3sc(-c4ccccc4Cl)cc32)n1. The van der Waals surface area contributed by atoms with Crippen LogP contribution < -0.4 is 27.1 Å². The van der Waals surface area contributed by atoms with Crippen LogP contribution in [-0.2, 0) is 20.1 Å². The average molecular weight is 998 g/mol. The van der Waals surface area contributed by atoms with Gasteiger partial charge in [0.15, 0.2) is 18.2 Å². The largest absolute Gasteiger partial charge is 0.336 e. The van der Waals surface area contributed by atoms with Crippen LogP contribution in [0.3, 0.4) is 0 Å². The lowest BCUT2D eigenvalue weighted by atomic mass is 10.1. The summed E-state index contributed by atoms with van der Waals surface area (Å²) in [5.41, 5.74) is 1.57. The van der Waals surface area contributed by atoms with E-state index in [4.69, 9.17) is 23.2 Å². The van der Waals surface area contributed by atoms with Crippen molar-refractivity contribution in [3.63, 3.8) is 0 Å². The maximum absolute atomic E-state index is 15.0. The molecule has 15 nitrogen and oxygen atoms in total. The Morgan fingerprint density at radius 3 is 1.81 bits per heavy atom. The molecule has 0 N–H and O–H groups in total. The normalized spacial score (nSPS) is 11.7. The highest BCUT2D eigenvalue weighted by atomic mass is 35.5. The van der Waals surface area contributed by atoms with Crippen LogP contribution in [0.15, 0.2) is 172 Å². The summed E-state index contributed by atoms with van der Waals surface area (Å²) >= 11 is 15.8. The van der Waals surface area contributed by atoms with Crippen molar-refractivity contribution in [2.24, 2.45) is 7.05 Å². The van der Waals surface area contributed by atoms with Gasteiger partial charge in [0.25, 0.3) is 11.1 Å². The van der Waals surface area contributed by atoms with Crippen molar-refractivity contribution in [3.8, 4) is 37.9 Å². The number of fused-ring (bicyclic) bond motifs is 4. The molecule has 19 heteroatoms. The van der Waals surface area contributed by atoms with Gasteiger partial charge in [-0.25, -0.2) is 23.7 Å². The van der Waals surface area contributed by atoms with Crippen molar-refractivity contribution >= 4 is 87.9 Å². The molecule has 0 radical (unpaired) electrons. The Hall–Kier alpha value is -8.22. The fourth-order valence-electron chi connectivity index (χ4n) is 8.83. The lowest BCUT2D eigenvalue weighted by Gasteiger charge is -2.13. The van der Waals surface area contributed by atoms with Gasteiger partial charge in [-0.2, -0.15) is 19.9 Å². The second-order valence-electron chi connectivity index (χ2n) is 16.4. The number of halogens is 2. The van der Waals surface area contributed by atoms with E-state index in [-0.39, 0.29) is 13.1 Å². The Morgan fingerprint density at radius 1 is 0.614 bits per heavy atom. The van der Waals surface area contributed by atoms with Gasteiger partial charge in [-0.3, -0.25) is 28.4 Å². The number of pyridine rings is 2. The highest BCUT2D eigenvalue weighted by Crippen LogP contribution is 2.37. The van der Waals surface area contributed by atoms with Crippen LogP contribution in [0.5, 0.6) is 0 Å². The molecule has 340 valence electrons. The molecule has 0 amide bonds. The summed E-state index contributed by atoms with van der Waals surface area (Å²) in [4.78, 5) is 69.6. The Balaban J connectivity index is 1.03. The summed E-state index contributed by atoms with van der Waals surface area (Å²) in [5, 5.41) is 17.1. The third kappa shape index (κ3) is 7.25. The smallest absolute Gasteiger partial charge is 0.286 e. The average Bonchev–Trinajstić information content (AvgIpc) is 4.14. The van der Waals surface area contributed by atoms with Crippen molar-refractivity contribution in [1.82, 2.24) is 48.2 Å². The van der Waals surface area contributed by atoms with Gasteiger partial charge in [-0.05, 0) is 30.3 Å². The topological polar surface area (TPSA) is 161 Å². The fraction of sp³-hybridized carbons (Fsp3) is 0.0588. The maximum Gasteiger partial charge on any atom is 0.336 e. The van der Waals surface area contributed by atoms with E-state index in [1.807, 2.05) is 97.2 Å². The van der Waals surface area contributed by atoms with E-state index in [9.17, 15) is 19.2 Å². The van der Waals surface area contributed by atoms with Gasteiger partial charge in [-0.1, -0.05) is 102 Å². The standard InChI is InChI=1S/C51H32Cl2N11O4S2/c1-59-28-55-45(58-59)27-62-40-20-44(36-15-7-9-17-38(36)53)70-47(40)49(66)64(51(62)68)42-26-60(24-30-11-3-5-13-34(30)42)32-18-31(57-56-22-32)25-61-39-19-43(35-14-6-8-16-37(35)52)69-46(39)48(65)63(50(61)67)41-23-54-21-29-10-2-4-12-33(29)41/h2-24,26,28H,25,27H2,1H3/q+1. The van der Waals surface area contributed by atoms with Crippen LogP contribution in [0.25, 0.3) is 79.9 Å². The summed E-state index contributed by atoms with van der Waals surface area (Å²) in [6, 6.07) is 34.9. The summed E-state index contributed by atoms with van der Waals surface area (Å²) < 4.78 is 9.33. The first-order valence-electron chi connectivity index (χ1n) is 21.6. The molecule has 8 heterocycles. The lowest BCUT2D eigenvalue weighted by Crippen LogP contribution is -2.41. The zero-order chi connectivity index (χ0) is 47.8. The van der Waals surface area contributed by atoms with Crippen LogP contribution in [0.2, 0.25) is 10.0 Å². The molecular weight excluding hydrogens is 966 g/mol. The quantitative estimate of drug-likeness (QED) is 0.129. The minimum absolute atomic E-state index is 0.0153. The van der Waals surface area contributed by atoms with E-state index in [1.165, 1.54) is 42.6 Å². The summed E-state index contributed by atoms with van der Waals surface area (Å²) in [6.45, 7) is -0.110. The first-order valence-corrected chi connectivity index (χ1v) is 24.0. The Labute approximate surface area is 412 Å². The minimum Gasteiger partial charge on any atom is -0.286 e. The maximum atomic E-state index is 15.0. The second-order valence-corrected chi connectivity index (χ2v) is 19.3. The number of hydrogen-bond acceptors (Lipinski definition) is 11. The number of benzene rings is 4. The number of thiophene rings is 2. The van der Waals surface area contributed by atoms with E-state index in [0.29, 0.717) is 90.5 Å². The van der Waals surface area contributed by atoms with Gasteiger partial charge < -0.3 is 0 Å². The van der Waals surface area contributed by atoms with Crippen LogP contribution in [0, 0.1) is 0 Å². The molecule has 12 rings (SSSR count). The molecule has 0 fully saturated rings. The van der Waals surface area contributed by atoms with E-state index in [1.54, 1.807) is 65.5 Å². The molecule has 12 aromatic rings. The third-order valence-electron chi connectivity index (χ3n) is 12.1. The van der Waals surface area contributed by atoms with Crippen LogP contribution in [0.4, 0.5) is 0 Å². The lowest BCUT2D eigenvalue weighted by molar-refractivity contribution is -0.594. The zero-order valence-electron chi connectivity index (χ0n) is 36.5. The molecule has 0 saturated heterocycles. The number of aromatic nitrogens is 11. The van der Waals surface area contributed by atoms with E-state index < -0.39 is 22.5 Å². The fourth-order valence-corrected chi connectivity index (χ4v) is 11.7. The predicted octanol–water partition coefficient (Wildman–Crippen LogP) is 8.38. The van der Waals surface area contributed by atoms with E-state index in [2.05, 4.69) is 25.3 Å². The molecule has 0 aliphatic heterocycles. The first-order chi connectivity index (χ1) is 34.1. The van der Waals surface area contributed by atoms with E-state index in [0.717, 1.165) is 15.5 Å².